The first-order chi connectivity index (χ1) is 15.3. The lowest BCUT2D eigenvalue weighted by Crippen LogP contribution is -2.14. The molecule has 4 rings (SSSR count). The maximum Gasteiger partial charge on any atom is 0.416 e. The van der Waals surface area contributed by atoms with Gasteiger partial charge in [0.05, 0.1) is 12.7 Å². The number of alkyl halides is 3. The van der Waals surface area contributed by atoms with Crippen molar-refractivity contribution in [3.63, 3.8) is 0 Å². The number of halogens is 3. The summed E-state index contributed by atoms with van der Waals surface area (Å²) in [6.45, 7) is 0. The van der Waals surface area contributed by atoms with E-state index in [1.165, 1.54) is 6.07 Å². The van der Waals surface area contributed by atoms with Gasteiger partial charge in [-0.15, -0.1) is 5.10 Å². The summed E-state index contributed by atoms with van der Waals surface area (Å²) in [4.78, 5) is 12.3. The molecule has 0 saturated heterocycles. The van der Waals surface area contributed by atoms with Crippen molar-refractivity contribution in [3.05, 3.63) is 83.9 Å². The zero-order valence-electron chi connectivity index (χ0n) is 16.7. The largest absolute Gasteiger partial charge is 0.497 e. The van der Waals surface area contributed by atoms with E-state index in [1.807, 2.05) is 42.5 Å². The lowest BCUT2D eigenvalue weighted by Gasteiger charge is -2.07. The number of hydrogen-bond acceptors (Lipinski definition) is 5. The van der Waals surface area contributed by atoms with Gasteiger partial charge in [-0.3, -0.25) is 10.1 Å². The van der Waals surface area contributed by atoms with E-state index in [2.05, 4.69) is 15.5 Å². The van der Waals surface area contributed by atoms with Crippen molar-refractivity contribution in [3.8, 4) is 28.3 Å². The van der Waals surface area contributed by atoms with E-state index in [1.54, 1.807) is 13.2 Å². The molecule has 0 spiro atoms. The van der Waals surface area contributed by atoms with Gasteiger partial charge in [-0.1, -0.05) is 35.4 Å². The minimum absolute atomic E-state index is 0.153. The molecule has 0 fully saturated rings. The molecule has 6 nitrogen and oxygen atoms in total. The van der Waals surface area contributed by atoms with Crippen molar-refractivity contribution >= 4 is 11.9 Å². The quantitative estimate of drug-likeness (QED) is 0.433. The number of carbonyl (C=O) groups is 1. The van der Waals surface area contributed by atoms with E-state index >= 15 is 0 Å². The van der Waals surface area contributed by atoms with E-state index in [-0.39, 0.29) is 17.5 Å². The fourth-order valence-corrected chi connectivity index (χ4v) is 3.01. The second-order valence-corrected chi connectivity index (χ2v) is 6.75. The van der Waals surface area contributed by atoms with E-state index in [9.17, 15) is 18.0 Å². The number of aromatic nitrogens is 2. The molecule has 4 aromatic rings. The van der Waals surface area contributed by atoms with E-state index in [0.717, 1.165) is 35.1 Å². The van der Waals surface area contributed by atoms with E-state index in [0.29, 0.717) is 5.56 Å². The molecule has 0 aliphatic carbocycles. The number of nitrogens with zero attached hydrogens (tertiary/aromatic N) is 2. The lowest BCUT2D eigenvalue weighted by atomic mass is 10.0. The number of hydrogen-bond donors (Lipinski definition) is 1. The first-order valence-corrected chi connectivity index (χ1v) is 9.40. The summed E-state index contributed by atoms with van der Waals surface area (Å²) in [5.41, 5.74) is 1.36. The smallest absolute Gasteiger partial charge is 0.416 e. The van der Waals surface area contributed by atoms with Gasteiger partial charge in [0.2, 0.25) is 5.89 Å². The highest BCUT2D eigenvalue weighted by atomic mass is 19.4. The van der Waals surface area contributed by atoms with Crippen LogP contribution in [0.4, 0.5) is 19.2 Å². The molecular weight excluding hydrogens is 423 g/mol. The van der Waals surface area contributed by atoms with Crippen LogP contribution in [0.1, 0.15) is 15.9 Å². The Morgan fingerprint density at radius 1 is 0.906 bits per heavy atom. The van der Waals surface area contributed by atoms with Crippen molar-refractivity contribution in [1.29, 1.82) is 0 Å². The van der Waals surface area contributed by atoms with Gasteiger partial charge in [0.15, 0.2) is 0 Å². The number of anilines is 1. The number of amides is 1. The van der Waals surface area contributed by atoms with E-state index < -0.39 is 17.6 Å². The van der Waals surface area contributed by atoms with Crippen LogP contribution in [-0.4, -0.2) is 23.2 Å². The summed E-state index contributed by atoms with van der Waals surface area (Å²) in [5.74, 6) is 0.0981. The highest BCUT2D eigenvalue weighted by Gasteiger charge is 2.31. The molecule has 0 atom stereocenters. The molecule has 1 aromatic heterocycles. The van der Waals surface area contributed by atoms with Crippen molar-refractivity contribution in [1.82, 2.24) is 10.2 Å². The maximum absolute atomic E-state index is 12.9. The molecule has 0 aliphatic rings. The Morgan fingerprint density at radius 2 is 1.62 bits per heavy atom. The molecule has 162 valence electrons. The molecule has 0 unspecified atom stereocenters. The van der Waals surface area contributed by atoms with Gasteiger partial charge in [0, 0.05) is 11.1 Å². The molecule has 9 heteroatoms. The van der Waals surface area contributed by atoms with Crippen LogP contribution in [0.5, 0.6) is 5.75 Å². The minimum Gasteiger partial charge on any atom is -0.497 e. The first kappa shape index (κ1) is 21.1. The van der Waals surface area contributed by atoms with E-state index in [4.69, 9.17) is 9.15 Å². The van der Waals surface area contributed by atoms with Crippen LogP contribution in [-0.2, 0) is 6.18 Å². The molecular formula is C23H16F3N3O3. The van der Waals surface area contributed by atoms with Crippen LogP contribution in [0, 0.1) is 0 Å². The van der Waals surface area contributed by atoms with Gasteiger partial charge < -0.3 is 9.15 Å². The molecule has 1 heterocycles. The van der Waals surface area contributed by atoms with Gasteiger partial charge in [-0.2, -0.15) is 13.2 Å². The second-order valence-electron chi connectivity index (χ2n) is 6.75. The third-order valence-corrected chi connectivity index (χ3v) is 4.63. The lowest BCUT2D eigenvalue weighted by molar-refractivity contribution is -0.137. The van der Waals surface area contributed by atoms with Crippen molar-refractivity contribution in [2.45, 2.75) is 6.18 Å². The van der Waals surface area contributed by atoms with Crippen molar-refractivity contribution in [2.75, 3.05) is 12.4 Å². The van der Waals surface area contributed by atoms with Crippen LogP contribution < -0.4 is 10.1 Å². The number of carbonyl (C=O) groups excluding carboxylic acids is 1. The first-order valence-electron chi connectivity index (χ1n) is 9.40. The van der Waals surface area contributed by atoms with Crippen LogP contribution >= 0.6 is 0 Å². The van der Waals surface area contributed by atoms with Gasteiger partial charge in [-0.25, -0.2) is 0 Å². The Balaban J connectivity index is 1.52. The Labute approximate surface area is 180 Å². The average molecular weight is 439 g/mol. The predicted molar refractivity (Wildman–Crippen MR) is 111 cm³/mol. The molecule has 0 radical (unpaired) electrons. The average Bonchev–Trinajstić information content (AvgIpc) is 3.27. The second kappa shape index (κ2) is 8.54. The van der Waals surface area contributed by atoms with Crippen LogP contribution in [0.25, 0.3) is 22.6 Å². The monoisotopic (exact) mass is 439 g/mol. The third-order valence-electron chi connectivity index (χ3n) is 4.63. The highest BCUT2D eigenvalue weighted by Crippen LogP contribution is 2.30. The minimum atomic E-state index is -4.55. The number of rotatable bonds is 5. The maximum atomic E-state index is 12.9. The van der Waals surface area contributed by atoms with Crippen LogP contribution in [0.15, 0.2) is 77.2 Å². The molecule has 0 aliphatic heterocycles. The predicted octanol–water partition coefficient (Wildman–Crippen LogP) is 5.68. The number of methoxy groups -OCH3 is 1. The van der Waals surface area contributed by atoms with Crippen LogP contribution in [0.3, 0.4) is 0 Å². The Morgan fingerprint density at radius 3 is 2.34 bits per heavy atom. The van der Waals surface area contributed by atoms with Crippen molar-refractivity contribution < 1.29 is 27.1 Å². The summed E-state index contributed by atoms with van der Waals surface area (Å²) in [6, 6.07) is 18.7. The molecule has 0 bridgehead atoms. The van der Waals surface area contributed by atoms with Gasteiger partial charge in [0.1, 0.15) is 5.75 Å². The van der Waals surface area contributed by atoms with Crippen LogP contribution in [0.2, 0.25) is 0 Å². The number of nitrogens with one attached hydrogen (secondary N) is 1. The fraction of sp³-hybridized carbons (Fsp3) is 0.0870. The summed E-state index contributed by atoms with van der Waals surface area (Å²) in [7, 11) is 1.59. The Bertz CT molecular complexity index is 1250. The van der Waals surface area contributed by atoms with Gasteiger partial charge >= 0.3 is 12.2 Å². The molecule has 32 heavy (non-hydrogen) atoms. The molecule has 1 amide bonds. The molecule has 3 aromatic carbocycles. The summed E-state index contributed by atoms with van der Waals surface area (Å²) >= 11 is 0. The van der Waals surface area contributed by atoms with Gasteiger partial charge in [-0.05, 0) is 53.6 Å². The molecule has 1 N–H and O–H groups in total. The van der Waals surface area contributed by atoms with Gasteiger partial charge in [0.25, 0.3) is 5.91 Å². The van der Waals surface area contributed by atoms with Crippen molar-refractivity contribution in [2.24, 2.45) is 0 Å². The zero-order valence-corrected chi connectivity index (χ0v) is 16.7. The normalized spacial score (nSPS) is 11.2. The molecule has 0 saturated carbocycles. The fourth-order valence-electron chi connectivity index (χ4n) is 3.01. The topological polar surface area (TPSA) is 77.3 Å². The highest BCUT2D eigenvalue weighted by molar-refractivity contribution is 6.03. The standard InChI is InChI=1S/C23H16F3N3O3/c1-31-19-10-8-14(9-11-19)15-4-2-6-17(12-15)21-28-29-22(32-21)27-20(30)16-5-3-7-18(13-16)23(24,25)26/h2-13H,1H3,(H,27,29,30). The SMILES string of the molecule is COc1ccc(-c2cccc(-c3nnc(NC(=O)c4cccc(C(F)(F)F)c4)o3)c2)cc1. The number of ether oxygens (including phenoxy) is 1. The summed E-state index contributed by atoms with van der Waals surface area (Å²) < 4.78 is 49.2. The summed E-state index contributed by atoms with van der Waals surface area (Å²) in [5, 5.41) is 10.0. The Kier molecular flexibility index (Phi) is 5.63. The number of benzene rings is 3. The zero-order chi connectivity index (χ0) is 22.7. The Hall–Kier alpha value is -4.14. The summed E-state index contributed by atoms with van der Waals surface area (Å²) in [6.07, 6.45) is -4.55. The third kappa shape index (κ3) is 4.61.